The van der Waals surface area contributed by atoms with Crippen LogP contribution >= 0.6 is 0 Å². The highest BCUT2D eigenvalue weighted by atomic mass is 16.8. The largest absolute Gasteiger partial charge is 0.486 e. The molecule has 1 aromatic carbocycles. The Hall–Kier alpha value is -2.62. The zero-order chi connectivity index (χ0) is 21.5. The second-order valence-corrected chi connectivity index (χ2v) is 7.50. The van der Waals surface area contributed by atoms with Crippen molar-refractivity contribution in [2.75, 3.05) is 13.7 Å². The van der Waals surface area contributed by atoms with E-state index in [1.807, 2.05) is 0 Å². The average Bonchev–Trinajstić information content (AvgIpc) is 3.32. The number of rotatable bonds is 6. The van der Waals surface area contributed by atoms with Crippen LogP contribution in [0.15, 0.2) is 35.8 Å². The number of hydrogen-bond acceptors (Lipinski definition) is 9. The highest BCUT2D eigenvalue weighted by Crippen LogP contribution is 2.45. The van der Waals surface area contributed by atoms with Crippen LogP contribution < -0.4 is 0 Å². The fourth-order valence-corrected chi connectivity index (χ4v) is 3.65. The lowest BCUT2D eigenvalue weighted by atomic mass is 10.1. The number of methoxy groups -OCH3 is 1. The Balaban J connectivity index is 1.51. The number of benzene rings is 1. The van der Waals surface area contributed by atoms with Gasteiger partial charge in [-0.3, -0.25) is 0 Å². The predicted molar refractivity (Wildman–Crippen MR) is 99.8 cm³/mol. The van der Waals surface area contributed by atoms with Crippen LogP contribution in [0.5, 0.6) is 0 Å². The monoisotopic (exact) mass is 420 g/mol. The van der Waals surface area contributed by atoms with Crippen LogP contribution in [0.4, 0.5) is 0 Å². The van der Waals surface area contributed by atoms with Gasteiger partial charge in [-0.15, -0.1) is 0 Å². The quantitative estimate of drug-likeness (QED) is 0.640. The van der Waals surface area contributed by atoms with E-state index >= 15 is 0 Å². The normalized spacial score (nSPS) is 28.5. The molecule has 3 aliphatic heterocycles. The summed E-state index contributed by atoms with van der Waals surface area (Å²) >= 11 is 0. The first-order chi connectivity index (χ1) is 14.3. The summed E-state index contributed by atoms with van der Waals surface area (Å²) in [5.74, 6) is -1.63. The number of carbonyl (C=O) groups is 2. The summed E-state index contributed by atoms with van der Waals surface area (Å²) in [5.41, 5.74) is 1.22. The Morgan fingerprint density at radius 1 is 1.07 bits per heavy atom. The Morgan fingerprint density at radius 3 is 2.47 bits per heavy atom. The summed E-state index contributed by atoms with van der Waals surface area (Å²) in [7, 11) is 1.32. The fraction of sp³-hybridized carbons (Fsp3) is 0.524. The molecular weight excluding hydrogens is 396 g/mol. The first-order valence-corrected chi connectivity index (χ1v) is 9.72. The van der Waals surface area contributed by atoms with Gasteiger partial charge < -0.3 is 33.2 Å². The summed E-state index contributed by atoms with van der Waals surface area (Å²) < 4.78 is 39.2. The number of fused-ring (bicyclic) bond motifs is 3. The number of ether oxygens (including phenoxy) is 7. The van der Waals surface area contributed by atoms with Crippen molar-refractivity contribution in [1.29, 1.82) is 0 Å². The second kappa shape index (κ2) is 7.90. The summed E-state index contributed by atoms with van der Waals surface area (Å²) in [5, 5.41) is 0. The molecule has 0 amide bonds. The van der Waals surface area contributed by atoms with Gasteiger partial charge in [-0.1, -0.05) is 12.1 Å². The Bertz CT molecular complexity index is 858. The predicted octanol–water partition coefficient (Wildman–Crippen LogP) is 2.04. The minimum absolute atomic E-state index is 0.0233. The lowest BCUT2D eigenvalue weighted by Gasteiger charge is -2.21. The minimum atomic E-state index is -0.807. The highest BCUT2D eigenvalue weighted by Gasteiger charge is 2.61. The molecule has 2 unspecified atom stereocenters. The summed E-state index contributed by atoms with van der Waals surface area (Å²) in [4.78, 5) is 24.0. The third-order valence-electron chi connectivity index (χ3n) is 4.96. The maximum Gasteiger partial charge on any atom is 0.377 e. The van der Waals surface area contributed by atoms with E-state index in [1.54, 1.807) is 45.0 Å². The SMILES string of the molecule is CCOC(=O)C1=C(OCc2ccc(C(=O)OC)cc2)C2O[C@@H]3OC(C)(C)O[C@@H]3C2O1. The van der Waals surface area contributed by atoms with Gasteiger partial charge in [0.25, 0.3) is 0 Å². The van der Waals surface area contributed by atoms with Crippen LogP contribution in [0.2, 0.25) is 0 Å². The van der Waals surface area contributed by atoms with Gasteiger partial charge in [-0.05, 0) is 38.5 Å². The van der Waals surface area contributed by atoms with Crippen LogP contribution in [0.25, 0.3) is 0 Å². The third kappa shape index (κ3) is 3.76. The van der Waals surface area contributed by atoms with Crippen molar-refractivity contribution in [2.45, 2.75) is 57.8 Å². The molecule has 0 saturated carbocycles. The average molecular weight is 420 g/mol. The summed E-state index contributed by atoms with van der Waals surface area (Å²) in [6.07, 6.45) is -2.33. The van der Waals surface area contributed by atoms with Gasteiger partial charge in [0.2, 0.25) is 5.76 Å². The molecule has 4 atom stereocenters. The van der Waals surface area contributed by atoms with Gasteiger partial charge in [0, 0.05) is 0 Å². The van der Waals surface area contributed by atoms with E-state index in [0.717, 1.165) is 5.56 Å². The Morgan fingerprint density at radius 2 is 1.80 bits per heavy atom. The Labute approximate surface area is 173 Å². The molecule has 0 spiro atoms. The molecule has 3 heterocycles. The number of carbonyl (C=O) groups excluding carboxylic acids is 2. The Kier molecular flexibility index (Phi) is 5.44. The van der Waals surface area contributed by atoms with Crippen molar-refractivity contribution in [1.82, 2.24) is 0 Å². The molecule has 9 heteroatoms. The van der Waals surface area contributed by atoms with E-state index < -0.39 is 42.3 Å². The molecule has 0 aliphatic carbocycles. The maximum atomic E-state index is 12.4. The van der Waals surface area contributed by atoms with Crippen LogP contribution in [0.3, 0.4) is 0 Å². The van der Waals surface area contributed by atoms with E-state index in [0.29, 0.717) is 5.56 Å². The van der Waals surface area contributed by atoms with Crippen LogP contribution in [0, 0.1) is 0 Å². The number of esters is 2. The lowest BCUT2D eigenvalue weighted by molar-refractivity contribution is -0.210. The highest BCUT2D eigenvalue weighted by molar-refractivity contribution is 5.89. The van der Waals surface area contributed by atoms with Gasteiger partial charge in [-0.2, -0.15) is 0 Å². The topological polar surface area (TPSA) is 98.8 Å². The van der Waals surface area contributed by atoms with E-state index in [4.69, 9.17) is 33.2 Å². The molecule has 30 heavy (non-hydrogen) atoms. The van der Waals surface area contributed by atoms with Crippen molar-refractivity contribution in [2.24, 2.45) is 0 Å². The molecule has 2 fully saturated rings. The number of hydrogen-bond donors (Lipinski definition) is 0. The second-order valence-electron chi connectivity index (χ2n) is 7.50. The molecule has 9 nitrogen and oxygen atoms in total. The van der Waals surface area contributed by atoms with Gasteiger partial charge in [0.1, 0.15) is 6.61 Å². The zero-order valence-electron chi connectivity index (χ0n) is 17.2. The maximum absolute atomic E-state index is 12.4. The van der Waals surface area contributed by atoms with Crippen molar-refractivity contribution in [3.8, 4) is 0 Å². The van der Waals surface area contributed by atoms with Crippen molar-refractivity contribution in [3.63, 3.8) is 0 Å². The standard InChI is InChI=1S/C21H24O9/c1-5-25-19(23)16-13(26-10-11-6-8-12(9-7-11)18(22)24-4)14-15(27-16)17-20(28-14)30-21(2,3)29-17/h6-9,14-15,17,20H,5,10H2,1-4H3/t14?,15?,17-,20-/m1/s1. The smallest absolute Gasteiger partial charge is 0.377 e. The van der Waals surface area contributed by atoms with E-state index in [1.165, 1.54) is 7.11 Å². The fourth-order valence-electron chi connectivity index (χ4n) is 3.65. The van der Waals surface area contributed by atoms with E-state index in [9.17, 15) is 9.59 Å². The molecule has 0 aromatic heterocycles. The van der Waals surface area contributed by atoms with Crippen molar-refractivity contribution >= 4 is 11.9 Å². The molecule has 162 valence electrons. The first kappa shape index (κ1) is 20.6. The molecule has 3 aliphatic rings. The molecule has 1 aromatic rings. The van der Waals surface area contributed by atoms with E-state index in [-0.39, 0.29) is 24.7 Å². The van der Waals surface area contributed by atoms with Gasteiger partial charge >= 0.3 is 11.9 Å². The van der Waals surface area contributed by atoms with Gasteiger partial charge in [0.05, 0.1) is 19.3 Å². The zero-order valence-corrected chi connectivity index (χ0v) is 17.2. The van der Waals surface area contributed by atoms with Crippen LogP contribution in [-0.4, -0.2) is 56.0 Å². The third-order valence-corrected chi connectivity index (χ3v) is 4.96. The molecule has 4 rings (SSSR count). The summed E-state index contributed by atoms with van der Waals surface area (Å²) in [6, 6.07) is 6.75. The molecule has 2 saturated heterocycles. The molecule has 0 radical (unpaired) electrons. The van der Waals surface area contributed by atoms with E-state index in [2.05, 4.69) is 0 Å². The van der Waals surface area contributed by atoms with Gasteiger partial charge in [-0.25, -0.2) is 9.59 Å². The van der Waals surface area contributed by atoms with Gasteiger partial charge in [0.15, 0.2) is 36.1 Å². The van der Waals surface area contributed by atoms with Crippen molar-refractivity contribution in [3.05, 3.63) is 46.9 Å². The van der Waals surface area contributed by atoms with Crippen LogP contribution in [0.1, 0.15) is 36.7 Å². The first-order valence-electron chi connectivity index (χ1n) is 9.72. The van der Waals surface area contributed by atoms with Crippen LogP contribution in [-0.2, 0) is 44.6 Å². The molecular formula is C21H24O9. The summed E-state index contributed by atoms with van der Waals surface area (Å²) in [6.45, 7) is 5.61. The minimum Gasteiger partial charge on any atom is -0.486 e. The van der Waals surface area contributed by atoms with Crippen molar-refractivity contribution < 1.29 is 42.7 Å². The molecule has 0 N–H and O–H groups in total. The molecule has 0 bridgehead atoms. The lowest BCUT2D eigenvalue weighted by Crippen LogP contribution is -2.34.